The summed E-state index contributed by atoms with van der Waals surface area (Å²) in [6.45, 7) is 0.895. The molecule has 0 unspecified atom stereocenters. The van der Waals surface area contributed by atoms with Crippen LogP contribution in [0.1, 0.15) is 6.92 Å². The largest absolute Gasteiger partial charge is 0.479 e. The molecule has 5 nitrogen and oxygen atoms in total. The number of carbonyl (C=O) groups is 1. The number of thiophene rings is 1. The summed E-state index contributed by atoms with van der Waals surface area (Å²) in [6.07, 6.45) is 1.50. The molecule has 0 aliphatic heterocycles. The maximum Gasteiger partial charge on any atom is 0.337 e. The van der Waals surface area contributed by atoms with Gasteiger partial charge in [0, 0.05) is 10.9 Å². The van der Waals surface area contributed by atoms with Crippen LogP contribution < -0.4 is 5.56 Å². The van der Waals surface area contributed by atoms with Crippen LogP contribution in [0, 0.1) is 0 Å². The Hall–Kier alpha value is -1.66. The van der Waals surface area contributed by atoms with Crippen molar-refractivity contribution in [3.8, 4) is 0 Å². The fraction of sp³-hybridized carbons (Fsp3) is 0.273. The maximum atomic E-state index is 12.0. The predicted octanol–water partition coefficient (Wildman–Crippen LogP) is 0.899. The highest BCUT2D eigenvalue weighted by Gasteiger charge is 2.30. The summed E-state index contributed by atoms with van der Waals surface area (Å²) in [6, 6.07) is 3.42. The Morgan fingerprint density at radius 1 is 1.53 bits per heavy atom. The molecular weight excluding hydrogens is 242 g/mol. The highest BCUT2D eigenvalue weighted by Crippen LogP contribution is 2.17. The molecule has 0 spiro atoms. The lowest BCUT2D eigenvalue weighted by molar-refractivity contribution is -0.157. The number of aromatic nitrogens is 1. The second kappa shape index (κ2) is 3.97. The smallest absolute Gasteiger partial charge is 0.337 e. The monoisotopic (exact) mass is 253 g/mol. The molecule has 0 saturated heterocycles. The van der Waals surface area contributed by atoms with Crippen molar-refractivity contribution in [3.63, 3.8) is 0 Å². The summed E-state index contributed by atoms with van der Waals surface area (Å²) in [5.74, 6) is -1.35. The number of aliphatic carboxylic acids is 1. The van der Waals surface area contributed by atoms with Gasteiger partial charge in [-0.15, -0.1) is 11.3 Å². The van der Waals surface area contributed by atoms with E-state index in [1.54, 1.807) is 17.5 Å². The van der Waals surface area contributed by atoms with Crippen molar-refractivity contribution in [2.24, 2.45) is 0 Å². The Balaban J connectivity index is 2.47. The van der Waals surface area contributed by atoms with Gasteiger partial charge in [-0.2, -0.15) is 0 Å². The number of aliphatic hydroxyl groups is 1. The lowest BCUT2D eigenvalue weighted by atomic mass is 10.1. The number of nitrogens with zero attached hydrogens (tertiary/aromatic N) is 1. The lowest BCUT2D eigenvalue weighted by Gasteiger charge is -2.18. The minimum atomic E-state index is -1.95. The Labute approximate surface area is 101 Å². The molecule has 2 N–H and O–H groups in total. The van der Waals surface area contributed by atoms with Gasteiger partial charge in [0.15, 0.2) is 5.60 Å². The molecule has 0 bridgehead atoms. The van der Waals surface area contributed by atoms with E-state index in [1.165, 1.54) is 29.0 Å². The molecule has 0 fully saturated rings. The molecule has 2 aromatic rings. The summed E-state index contributed by atoms with van der Waals surface area (Å²) in [5.41, 5.74) is -2.24. The van der Waals surface area contributed by atoms with Crippen LogP contribution in [0.2, 0.25) is 0 Å². The summed E-state index contributed by atoms with van der Waals surface area (Å²) in [7, 11) is 0. The van der Waals surface area contributed by atoms with Gasteiger partial charge in [-0.3, -0.25) is 4.79 Å². The van der Waals surface area contributed by atoms with Crippen molar-refractivity contribution in [1.29, 1.82) is 0 Å². The first-order valence-electron chi connectivity index (χ1n) is 4.94. The molecule has 0 saturated carbocycles. The molecule has 2 aromatic heterocycles. The molecule has 0 aliphatic rings. The third-order valence-corrected chi connectivity index (χ3v) is 3.41. The van der Waals surface area contributed by atoms with E-state index in [2.05, 4.69) is 0 Å². The molecular formula is C11H11NO4S. The van der Waals surface area contributed by atoms with Gasteiger partial charge in [0.25, 0.3) is 5.56 Å². The van der Waals surface area contributed by atoms with Crippen molar-refractivity contribution in [2.75, 3.05) is 0 Å². The molecule has 2 heterocycles. The van der Waals surface area contributed by atoms with Gasteiger partial charge in [-0.05, 0) is 24.4 Å². The number of pyridine rings is 1. The van der Waals surface area contributed by atoms with Gasteiger partial charge in [0.05, 0.1) is 11.9 Å². The summed E-state index contributed by atoms with van der Waals surface area (Å²) in [4.78, 5) is 22.7. The second-order valence-corrected chi connectivity index (χ2v) is 4.97. The standard InChI is InChI=1S/C11H11NO4S/c1-11(16,10(14)15)6-12-4-2-8-7(9(12)13)3-5-17-8/h2-5,16H,6H2,1H3,(H,14,15)/t11-/m1/s1. The number of carboxylic acid groups (broad SMARTS) is 1. The van der Waals surface area contributed by atoms with Crippen LogP contribution in [-0.2, 0) is 11.3 Å². The van der Waals surface area contributed by atoms with Crippen molar-refractivity contribution in [2.45, 2.75) is 19.1 Å². The van der Waals surface area contributed by atoms with E-state index in [1.807, 2.05) is 0 Å². The van der Waals surface area contributed by atoms with E-state index < -0.39 is 11.6 Å². The fourth-order valence-corrected chi connectivity index (χ4v) is 2.30. The van der Waals surface area contributed by atoms with Crippen LogP contribution in [0.4, 0.5) is 0 Å². The first-order chi connectivity index (χ1) is 7.92. The van der Waals surface area contributed by atoms with Crippen LogP contribution in [-0.4, -0.2) is 26.4 Å². The topological polar surface area (TPSA) is 79.5 Å². The van der Waals surface area contributed by atoms with Crippen molar-refractivity contribution in [3.05, 3.63) is 34.1 Å². The van der Waals surface area contributed by atoms with Gasteiger partial charge >= 0.3 is 5.97 Å². The Kier molecular flexibility index (Phi) is 2.76. The van der Waals surface area contributed by atoms with E-state index in [0.717, 1.165) is 4.70 Å². The first-order valence-corrected chi connectivity index (χ1v) is 5.82. The predicted molar refractivity (Wildman–Crippen MR) is 64.3 cm³/mol. The molecule has 6 heteroatoms. The normalized spacial score (nSPS) is 14.7. The third-order valence-electron chi connectivity index (χ3n) is 2.53. The number of carboxylic acids is 1. The minimum Gasteiger partial charge on any atom is -0.479 e. The zero-order valence-electron chi connectivity index (χ0n) is 9.08. The van der Waals surface area contributed by atoms with Crippen LogP contribution in [0.15, 0.2) is 28.5 Å². The molecule has 90 valence electrons. The zero-order chi connectivity index (χ0) is 12.6. The summed E-state index contributed by atoms with van der Waals surface area (Å²) >= 11 is 1.44. The third kappa shape index (κ3) is 2.09. The molecule has 0 aliphatic carbocycles. The van der Waals surface area contributed by atoms with Crippen molar-refractivity contribution < 1.29 is 15.0 Å². The molecule has 0 radical (unpaired) electrons. The average molecular weight is 253 g/mol. The van der Waals surface area contributed by atoms with Crippen LogP contribution in [0.25, 0.3) is 10.1 Å². The van der Waals surface area contributed by atoms with Gasteiger partial charge in [0.1, 0.15) is 0 Å². The zero-order valence-corrected chi connectivity index (χ0v) is 9.90. The van der Waals surface area contributed by atoms with Gasteiger partial charge in [0.2, 0.25) is 0 Å². The Bertz CT molecular complexity index is 626. The molecule has 0 amide bonds. The van der Waals surface area contributed by atoms with Gasteiger partial charge in [-0.1, -0.05) is 0 Å². The van der Waals surface area contributed by atoms with E-state index in [-0.39, 0.29) is 12.1 Å². The number of fused-ring (bicyclic) bond motifs is 1. The molecule has 2 rings (SSSR count). The van der Waals surface area contributed by atoms with Gasteiger partial charge in [-0.25, -0.2) is 4.79 Å². The quantitative estimate of drug-likeness (QED) is 0.851. The lowest BCUT2D eigenvalue weighted by Crippen LogP contribution is -2.42. The SMILES string of the molecule is C[C@@](O)(Cn1ccc2sccc2c1=O)C(=O)O. The first kappa shape index (κ1) is 11.8. The van der Waals surface area contributed by atoms with E-state index in [0.29, 0.717) is 5.39 Å². The number of hydrogen-bond acceptors (Lipinski definition) is 4. The van der Waals surface area contributed by atoms with Crippen LogP contribution in [0.5, 0.6) is 0 Å². The molecule has 1 atom stereocenters. The van der Waals surface area contributed by atoms with Gasteiger partial charge < -0.3 is 14.8 Å². The highest BCUT2D eigenvalue weighted by atomic mass is 32.1. The Morgan fingerprint density at radius 3 is 2.88 bits per heavy atom. The number of hydrogen-bond donors (Lipinski definition) is 2. The number of rotatable bonds is 3. The van der Waals surface area contributed by atoms with Crippen molar-refractivity contribution in [1.82, 2.24) is 4.57 Å². The highest BCUT2D eigenvalue weighted by molar-refractivity contribution is 7.17. The van der Waals surface area contributed by atoms with Crippen LogP contribution in [0.3, 0.4) is 0 Å². The summed E-state index contributed by atoms with van der Waals surface area (Å²) < 4.78 is 2.06. The van der Waals surface area contributed by atoms with E-state index in [4.69, 9.17) is 5.11 Å². The van der Waals surface area contributed by atoms with E-state index in [9.17, 15) is 14.7 Å². The minimum absolute atomic E-state index is 0.271. The molecule has 17 heavy (non-hydrogen) atoms. The average Bonchev–Trinajstić information content (AvgIpc) is 2.70. The molecule has 0 aromatic carbocycles. The fourth-order valence-electron chi connectivity index (χ4n) is 1.53. The van der Waals surface area contributed by atoms with Crippen LogP contribution >= 0.6 is 11.3 Å². The van der Waals surface area contributed by atoms with Crippen molar-refractivity contribution >= 4 is 27.4 Å². The van der Waals surface area contributed by atoms with E-state index >= 15 is 0 Å². The second-order valence-electron chi connectivity index (χ2n) is 4.03. The maximum absolute atomic E-state index is 12.0. The summed E-state index contributed by atoms with van der Waals surface area (Å²) in [5, 5.41) is 20.8. The Morgan fingerprint density at radius 2 is 2.24 bits per heavy atom.